The molecule has 8 nitrogen and oxygen atoms in total. The van der Waals surface area contributed by atoms with Gasteiger partial charge < -0.3 is 14.8 Å². The number of Topliss-reactive ketones (excluding diaryl/α,β-unsaturated/α-hetero) is 1. The Balaban J connectivity index is 1.72. The summed E-state index contributed by atoms with van der Waals surface area (Å²) in [6.45, 7) is 5.58. The Bertz CT molecular complexity index is 1140. The predicted octanol–water partition coefficient (Wildman–Crippen LogP) is 4.53. The number of hydrogen-bond donors (Lipinski definition) is 1. The highest BCUT2D eigenvalue weighted by atomic mass is 32.2. The van der Waals surface area contributed by atoms with E-state index in [0.29, 0.717) is 28.8 Å². The fraction of sp³-hybridized carbons (Fsp3) is 0.333. The highest BCUT2D eigenvalue weighted by Gasteiger charge is 2.23. The van der Waals surface area contributed by atoms with Gasteiger partial charge in [0.25, 0.3) is 0 Å². The SMILES string of the molecule is COC[C@H](C)n1c(COc2ccccc2F)nnc1S[C@@H](C)C(=O)Nc1ccc(C(C)=O)cc1. The number of nitrogens with one attached hydrogen (secondary N) is 1. The average molecular weight is 487 g/mol. The highest BCUT2D eigenvalue weighted by Crippen LogP contribution is 2.27. The summed E-state index contributed by atoms with van der Waals surface area (Å²) in [4.78, 5) is 24.2. The molecule has 0 fully saturated rings. The Morgan fingerprint density at radius 2 is 1.82 bits per heavy atom. The van der Waals surface area contributed by atoms with Gasteiger partial charge in [-0.3, -0.25) is 14.2 Å². The summed E-state index contributed by atoms with van der Waals surface area (Å²) in [6.07, 6.45) is 0. The van der Waals surface area contributed by atoms with Gasteiger partial charge in [0, 0.05) is 18.4 Å². The molecule has 0 saturated carbocycles. The first-order chi connectivity index (χ1) is 16.3. The van der Waals surface area contributed by atoms with Crippen molar-refractivity contribution < 1.29 is 23.5 Å². The van der Waals surface area contributed by atoms with Crippen LogP contribution in [0.1, 0.15) is 43.0 Å². The predicted molar refractivity (Wildman–Crippen MR) is 128 cm³/mol. The third-order valence-corrected chi connectivity index (χ3v) is 6.04. The number of hydrogen-bond acceptors (Lipinski definition) is 7. The van der Waals surface area contributed by atoms with Crippen molar-refractivity contribution in [1.82, 2.24) is 14.8 Å². The van der Waals surface area contributed by atoms with Gasteiger partial charge in [-0.1, -0.05) is 23.9 Å². The molecular formula is C24H27FN4O4S. The van der Waals surface area contributed by atoms with Gasteiger partial charge in [-0.15, -0.1) is 10.2 Å². The van der Waals surface area contributed by atoms with Crippen LogP contribution in [0.4, 0.5) is 10.1 Å². The molecule has 0 bridgehead atoms. The number of para-hydroxylation sites is 1. The van der Waals surface area contributed by atoms with Gasteiger partial charge in [0.1, 0.15) is 6.61 Å². The molecule has 0 saturated heterocycles. The van der Waals surface area contributed by atoms with Crippen LogP contribution in [0.15, 0.2) is 53.7 Å². The summed E-state index contributed by atoms with van der Waals surface area (Å²) in [6, 6.07) is 12.7. The van der Waals surface area contributed by atoms with E-state index in [4.69, 9.17) is 9.47 Å². The van der Waals surface area contributed by atoms with Crippen LogP contribution in [0, 0.1) is 5.82 Å². The lowest BCUT2D eigenvalue weighted by atomic mass is 10.1. The van der Waals surface area contributed by atoms with Crippen LogP contribution in [0.25, 0.3) is 0 Å². The van der Waals surface area contributed by atoms with Gasteiger partial charge in [-0.2, -0.15) is 0 Å². The van der Waals surface area contributed by atoms with Crippen molar-refractivity contribution in [2.24, 2.45) is 0 Å². The van der Waals surface area contributed by atoms with Crippen LogP contribution in [-0.2, 0) is 16.1 Å². The molecule has 0 aliphatic rings. The van der Waals surface area contributed by atoms with Crippen molar-refractivity contribution in [3.05, 3.63) is 65.7 Å². The molecule has 0 unspecified atom stereocenters. The summed E-state index contributed by atoms with van der Waals surface area (Å²) < 4.78 is 26.7. The Kier molecular flexibility index (Phi) is 8.78. The van der Waals surface area contributed by atoms with Gasteiger partial charge >= 0.3 is 0 Å². The molecule has 3 rings (SSSR count). The number of methoxy groups -OCH3 is 1. The number of rotatable bonds is 11. The van der Waals surface area contributed by atoms with Crippen LogP contribution in [-0.4, -0.2) is 45.4 Å². The minimum atomic E-state index is -0.495. The van der Waals surface area contributed by atoms with Crippen LogP contribution in [0.2, 0.25) is 0 Å². The number of nitrogens with zero attached hydrogens (tertiary/aromatic N) is 3. The molecule has 2 atom stereocenters. The maximum atomic E-state index is 13.9. The maximum absolute atomic E-state index is 13.9. The second-order valence-electron chi connectivity index (χ2n) is 7.68. The number of aromatic nitrogens is 3. The zero-order valence-electron chi connectivity index (χ0n) is 19.4. The molecule has 1 amide bonds. The zero-order valence-corrected chi connectivity index (χ0v) is 20.3. The molecule has 0 aliphatic heterocycles. The third-order valence-electron chi connectivity index (χ3n) is 4.99. The van der Waals surface area contributed by atoms with Crippen molar-refractivity contribution >= 4 is 29.1 Å². The van der Waals surface area contributed by atoms with E-state index in [1.807, 2.05) is 11.5 Å². The fourth-order valence-electron chi connectivity index (χ4n) is 3.19. The largest absolute Gasteiger partial charge is 0.483 e. The summed E-state index contributed by atoms with van der Waals surface area (Å²) in [5.41, 5.74) is 1.17. The lowest BCUT2D eigenvalue weighted by Crippen LogP contribution is -2.24. The standard InChI is InChI=1S/C24H27FN4O4S/c1-15(13-32-4)29-22(14-33-21-8-6-5-7-20(21)25)27-28-24(29)34-17(3)23(31)26-19-11-9-18(10-12-19)16(2)30/h5-12,15,17H,13-14H2,1-4H3,(H,26,31)/t15-,17-/m0/s1. The van der Waals surface area contributed by atoms with Crippen LogP contribution < -0.4 is 10.1 Å². The van der Waals surface area contributed by atoms with E-state index in [1.54, 1.807) is 56.5 Å². The molecule has 1 heterocycles. The number of amides is 1. The van der Waals surface area contributed by atoms with Gasteiger partial charge in [-0.25, -0.2) is 4.39 Å². The molecular weight excluding hydrogens is 459 g/mol. The number of ether oxygens (including phenoxy) is 2. The lowest BCUT2D eigenvalue weighted by Gasteiger charge is -2.19. The van der Waals surface area contributed by atoms with E-state index in [0.717, 1.165) is 0 Å². The van der Waals surface area contributed by atoms with E-state index in [9.17, 15) is 14.0 Å². The molecule has 10 heteroatoms. The van der Waals surface area contributed by atoms with E-state index in [-0.39, 0.29) is 30.1 Å². The van der Waals surface area contributed by atoms with Crippen LogP contribution >= 0.6 is 11.8 Å². The van der Waals surface area contributed by atoms with E-state index in [1.165, 1.54) is 24.8 Å². The molecule has 0 aliphatic carbocycles. The quantitative estimate of drug-likeness (QED) is 0.314. The second-order valence-corrected chi connectivity index (χ2v) is 8.98. The maximum Gasteiger partial charge on any atom is 0.237 e. The first-order valence-corrected chi connectivity index (χ1v) is 11.6. The molecule has 34 heavy (non-hydrogen) atoms. The summed E-state index contributed by atoms with van der Waals surface area (Å²) in [5, 5.41) is 11.3. The fourth-order valence-corrected chi connectivity index (χ4v) is 4.16. The Labute approximate surface area is 201 Å². The third kappa shape index (κ3) is 6.42. The Hall–Kier alpha value is -3.24. The average Bonchev–Trinajstić information content (AvgIpc) is 3.21. The molecule has 2 aromatic carbocycles. The number of ketones is 1. The van der Waals surface area contributed by atoms with Crippen molar-refractivity contribution in [2.75, 3.05) is 19.0 Å². The molecule has 180 valence electrons. The molecule has 1 aromatic heterocycles. The van der Waals surface area contributed by atoms with E-state index in [2.05, 4.69) is 15.5 Å². The van der Waals surface area contributed by atoms with Crippen molar-refractivity contribution in [2.45, 2.75) is 43.8 Å². The van der Waals surface area contributed by atoms with Crippen LogP contribution in [0.3, 0.4) is 0 Å². The van der Waals surface area contributed by atoms with Crippen molar-refractivity contribution in [1.29, 1.82) is 0 Å². The number of benzene rings is 2. The zero-order chi connectivity index (χ0) is 24.7. The molecule has 0 spiro atoms. The number of halogens is 1. The van der Waals surface area contributed by atoms with Gasteiger partial charge in [0.15, 0.2) is 28.3 Å². The monoisotopic (exact) mass is 486 g/mol. The van der Waals surface area contributed by atoms with Crippen molar-refractivity contribution in [3.63, 3.8) is 0 Å². The topological polar surface area (TPSA) is 95.3 Å². The van der Waals surface area contributed by atoms with E-state index >= 15 is 0 Å². The first kappa shape index (κ1) is 25.4. The van der Waals surface area contributed by atoms with Gasteiger partial charge in [-0.05, 0) is 57.2 Å². The normalized spacial score (nSPS) is 12.7. The number of carbonyl (C=O) groups is 2. The molecule has 1 N–H and O–H groups in total. The minimum absolute atomic E-state index is 0.00558. The van der Waals surface area contributed by atoms with E-state index < -0.39 is 11.1 Å². The van der Waals surface area contributed by atoms with Crippen LogP contribution in [0.5, 0.6) is 5.75 Å². The number of anilines is 1. The molecule has 3 aromatic rings. The second kappa shape index (κ2) is 11.8. The first-order valence-electron chi connectivity index (χ1n) is 10.7. The van der Waals surface area contributed by atoms with Gasteiger partial charge in [0.05, 0.1) is 17.9 Å². The van der Waals surface area contributed by atoms with Gasteiger partial charge in [0.2, 0.25) is 5.91 Å². The summed E-state index contributed by atoms with van der Waals surface area (Å²) >= 11 is 1.24. The number of carbonyl (C=O) groups excluding carboxylic acids is 2. The number of thioether (sulfide) groups is 1. The summed E-state index contributed by atoms with van der Waals surface area (Å²) in [5.74, 6) is -0.119. The Morgan fingerprint density at radius 1 is 1.12 bits per heavy atom. The lowest BCUT2D eigenvalue weighted by molar-refractivity contribution is -0.115. The Morgan fingerprint density at radius 3 is 2.47 bits per heavy atom. The van der Waals surface area contributed by atoms with Crippen molar-refractivity contribution in [3.8, 4) is 5.75 Å². The molecule has 0 radical (unpaired) electrons. The smallest absolute Gasteiger partial charge is 0.237 e. The summed E-state index contributed by atoms with van der Waals surface area (Å²) in [7, 11) is 1.59. The minimum Gasteiger partial charge on any atom is -0.483 e. The highest BCUT2D eigenvalue weighted by molar-refractivity contribution is 8.00.